The number of carboxylic acid groups (broad SMARTS) is 5. The van der Waals surface area contributed by atoms with Gasteiger partial charge in [0.25, 0.3) is 0 Å². The van der Waals surface area contributed by atoms with E-state index in [1.807, 2.05) is 0 Å². The van der Waals surface area contributed by atoms with E-state index < -0.39 is 54.7 Å². The van der Waals surface area contributed by atoms with E-state index >= 15 is 0 Å². The van der Waals surface area contributed by atoms with Gasteiger partial charge in [-0.3, -0.25) is 0 Å². The van der Waals surface area contributed by atoms with Crippen molar-refractivity contribution in [1.29, 1.82) is 0 Å². The third-order valence-corrected chi connectivity index (χ3v) is 1.54. The second-order valence-electron chi connectivity index (χ2n) is 3.34. The Bertz CT molecular complexity index is 400. The number of carbonyl (C=O) groups is 5. The van der Waals surface area contributed by atoms with E-state index in [0.29, 0.717) is 0 Å². The van der Waals surface area contributed by atoms with Gasteiger partial charge in [-0.25, -0.2) is 0 Å². The topological polar surface area (TPSA) is 221 Å². The SMILES string of the molecule is O=C([O-])CC(=O)[O-].O=C([O-])CC(O)(CC(=O)[O-])C(=O)[O-].[Na+].[Na+].[Na+].[Na+].[Na+]. The molecule has 0 fully saturated rings. The molecule has 0 aromatic carbocycles. The Balaban J connectivity index is -0.0000000480. The number of carbonyl (C=O) groups excluding carboxylic acids is 5. The summed E-state index contributed by atoms with van der Waals surface area (Å²) >= 11 is 0. The summed E-state index contributed by atoms with van der Waals surface area (Å²) in [5, 5.41) is 57.5. The van der Waals surface area contributed by atoms with Crippen molar-refractivity contribution in [3.05, 3.63) is 0 Å². The van der Waals surface area contributed by atoms with E-state index in [9.17, 15) is 49.5 Å². The molecule has 0 heterocycles. The van der Waals surface area contributed by atoms with Crippen LogP contribution < -0.4 is 173 Å². The van der Waals surface area contributed by atoms with Gasteiger partial charge in [-0.1, -0.05) is 0 Å². The molecule has 0 spiro atoms. The molecule has 114 valence electrons. The van der Waals surface area contributed by atoms with Crippen LogP contribution in [0.3, 0.4) is 0 Å². The molecule has 0 rings (SSSR count). The molecule has 0 aliphatic heterocycles. The van der Waals surface area contributed by atoms with Crippen molar-refractivity contribution in [1.82, 2.24) is 0 Å². The first-order chi connectivity index (χ1) is 8.90. The van der Waals surface area contributed by atoms with Crippen LogP contribution in [-0.2, 0) is 24.0 Å². The summed E-state index contributed by atoms with van der Waals surface area (Å²) in [6.07, 6.45) is -3.74. The summed E-state index contributed by atoms with van der Waals surface area (Å²) in [5.41, 5.74) is -2.97. The van der Waals surface area contributed by atoms with Gasteiger partial charge < -0.3 is 54.6 Å². The first-order valence-corrected chi connectivity index (χ1v) is 4.64. The Morgan fingerprint density at radius 1 is 0.600 bits per heavy atom. The van der Waals surface area contributed by atoms with Gasteiger partial charge >= 0.3 is 148 Å². The Hall–Kier alpha value is 2.31. The van der Waals surface area contributed by atoms with Crippen LogP contribution in [0.1, 0.15) is 19.3 Å². The van der Waals surface area contributed by atoms with Gasteiger partial charge in [-0.2, -0.15) is 0 Å². The minimum atomic E-state index is -2.97. The maximum Gasteiger partial charge on any atom is 1.00 e. The molecule has 0 aliphatic rings. The molecule has 0 atom stereocenters. The minimum Gasteiger partial charge on any atom is -0.550 e. The molecule has 0 saturated carbocycles. The van der Waals surface area contributed by atoms with Crippen LogP contribution in [0.15, 0.2) is 0 Å². The molecule has 16 heteroatoms. The van der Waals surface area contributed by atoms with E-state index in [4.69, 9.17) is 5.11 Å². The van der Waals surface area contributed by atoms with E-state index in [1.54, 1.807) is 0 Å². The Morgan fingerprint density at radius 3 is 0.920 bits per heavy atom. The summed E-state index contributed by atoms with van der Waals surface area (Å²) in [5.74, 6) is -9.23. The summed E-state index contributed by atoms with van der Waals surface area (Å²) in [6.45, 7) is 0. The zero-order valence-electron chi connectivity index (χ0n) is 14.7. The second kappa shape index (κ2) is 24.3. The molecule has 0 unspecified atom stereocenters. The van der Waals surface area contributed by atoms with E-state index in [-0.39, 0.29) is 148 Å². The molecule has 0 amide bonds. The molecule has 0 saturated heterocycles. The van der Waals surface area contributed by atoms with Gasteiger partial charge in [0.1, 0.15) is 5.60 Å². The summed E-state index contributed by atoms with van der Waals surface area (Å²) in [7, 11) is 0. The van der Waals surface area contributed by atoms with Crippen LogP contribution >= 0.6 is 0 Å². The smallest absolute Gasteiger partial charge is 0.550 e. The monoisotopic (exact) mass is 406 g/mol. The van der Waals surface area contributed by atoms with E-state index in [1.165, 1.54) is 0 Å². The molecule has 0 bridgehead atoms. The number of hydrogen-bond donors (Lipinski definition) is 1. The number of hydrogen-bond acceptors (Lipinski definition) is 11. The third kappa shape index (κ3) is 31.2. The predicted octanol–water partition coefficient (Wildman–Crippen LogP) is -23.4. The van der Waals surface area contributed by atoms with Gasteiger partial charge in [0.05, 0.1) is 5.97 Å². The molecule has 11 nitrogen and oxygen atoms in total. The fourth-order valence-electron chi connectivity index (χ4n) is 0.802. The zero-order valence-corrected chi connectivity index (χ0v) is 24.7. The van der Waals surface area contributed by atoms with Gasteiger partial charge in [0, 0.05) is 43.1 Å². The van der Waals surface area contributed by atoms with E-state index in [0.717, 1.165) is 0 Å². The maximum absolute atomic E-state index is 10.1. The number of aliphatic hydroxyl groups is 1. The molecular formula is C9H7Na5O11. The van der Waals surface area contributed by atoms with Crippen LogP contribution in [0.5, 0.6) is 0 Å². The largest absolute Gasteiger partial charge is 1.00 e. The second-order valence-corrected chi connectivity index (χ2v) is 3.34. The van der Waals surface area contributed by atoms with Crippen LogP contribution in [0, 0.1) is 0 Å². The number of rotatable bonds is 7. The van der Waals surface area contributed by atoms with Crippen LogP contribution in [-0.4, -0.2) is 40.6 Å². The average molecular weight is 406 g/mol. The number of carboxylic acids is 5. The van der Waals surface area contributed by atoms with Gasteiger partial charge in [0.15, 0.2) is 0 Å². The molecule has 0 aromatic rings. The van der Waals surface area contributed by atoms with Crippen LogP contribution in [0.2, 0.25) is 0 Å². The zero-order chi connectivity index (χ0) is 16.5. The van der Waals surface area contributed by atoms with Crippen molar-refractivity contribution in [2.24, 2.45) is 0 Å². The average Bonchev–Trinajstić information content (AvgIpc) is 2.12. The van der Waals surface area contributed by atoms with Gasteiger partial charge in [0.2, 0.25) is 0 Å². The molecule has 0 aliphatic carbocycles. The fourth-order valence-corrected chi connectivity index (χ4v) is 0.802. The van der Waals surface area contributed by atoms with E-state index in [2.05, 4.69) is 0 Å². The minimum absolute atomic E-state index is 0. The Kier molecular flexibility index (Phi) is 44.6. The number of aliphatic carboxylic acids is 5. The maximum atomic E-state index is 10.1. The van der Waals surface area contributed by atoms with Crippen molar-refractivity contribution >= 4 is 29.8 Å². The summed E-state index contributed by atoms with van der Waals surface area (Å²) < 4.78 is 0. The summed E-state index contributed by atoms with van der Waals surface area (Å²) in [6, 6.07) is 0. The first-order valence-electron chi connectivity index (χ1n) is 4.64. The Morgan fingerprint density at radius 2 is 0.840 bits per heavy atom. The van der Waals surface area contributed by atoms with Crippen molar-refractivity contribution < 1.29 is 202 Å². The molecular weight excluding hydrogens is 399 g/mol. The molecule has 0 radical (unpaired) electrons. The fraction of sp³-hybridized carbons (Fsp3) is 0.444. The molecule has 25 heavy (non-hydrogen) atoms. The standard InChI is InChI=1S/C6H8O7.C3H4O4.5Na/c7-3(8)1-6(13,5(11)12)2-4(9)10;4-2(5)1-3(6)7;;;;;/h13H,1-2H2,(H,7,8)(H,9,10)(H,11,12);1H2,(H,4,5)(H,6,7);;;;;/q;;5*+1/p-5. The predicted molar refractivity (Wildman–Crippen MR) is 43.8 cm³/mol. The van der Waals surface area contributed by atoms with Crippen molar-refractivity contribution in [2.75, 3.05) is 0 Å². The van der Waals surface area contributed by atoms with Crippen molar-refractivity contribution in [2.45, 2.75) is 24.9 Å². The Labute approximate surface area is 252 Å². The molecule has 1 N–H and O–H groups in total. The van der Waals surface area contributed by atoms with Crippen LogP contribution in [0.25, 0.3) is 0 Å². The quantitative estimate of drug-likeness (QED) is 0.309. The van der Waals surface area contributed by atoms with Crippen molar-refractivity contribution in [3.63, 3.8) is 0 Å². The molecule has 0 aromatic heterocycles. The summed E-state index contributed by atoms with van der Waals surface area (Å²) in [4.78, 5) is 48.6. The van der Waals surface area contributed by atoms with Gasteiger partial charge in [-0.05, 0) is 0 Å². The normalized spacial score (nSPS) is 7.88. The first kappa shape index (κ1) is 45.8. The third-order valence-electron chi connectivity index (χ3n) is 1.54. The van der Waals surface area contributed by atoms with Gasteiger partial charge in [-0.15, -0.1) is 0 Å². The van der Waals surface area contributed by atoms with Crippen LogP contribution in [0.4, 0.5) is 0 Å². The van der Waals surface area contributed by atoms with Crippen molar-refractivity contribution in [3.8, 4) is 0 Å².